The van der Waals surface area contributed by atoms with E-state index in [1.165, 1.54) is 0 Å². The second-order valence-corrected chi connectivity index (χ2v) is 6.71. The highest BCUT2D eigenvalue weighted by molar-refractivity contribution is 6.31. The van der Waals surface area contributed by atoms with Gasteiger partial charge in [-0.15, -0.1) is 12.4 Å². The van der Waals surface area contributed by atoms with Gasteiger partial charge in [-0.3, -0.25) is 4.79 Å². The average Bonchev–Trinajstić information content (AvgIpc) is 2.64. The summed E-state index contributed by atoms with van der Waals surface area (Å²) >= 11 is 6.13. The first kappa shape index (κ1) is 20.7. The van der Waals surface area contributed by atoms with E-state index in [-0.39, 0.29) is 24.3 Å². The van der Waals surface area contributed by atoms with Crippen LogP contribution >= 0.6 is 24.0 Å². The quantitative estimate of drug-likeness (QED) is 0.756. The van der Waals surface area contributed by atoms with Crippen LogP contribution in [0.4, 0.5) is 0 Å². The predicted octanol–water partition coefficient (Wildman–Crippen LogP) is 4.51. The SMILES string of the molecule is Cc1ccc(C(N)C(=O)c2ccc(OC3CCOCC3)cc2)cc1Cl.Cl. The fraction of sp³-hybridized carbons (Fsp3) is 0.350. The van der Waals surface area contributed by atoms with Crippen molar-refractivity contribution in [2.45, 2.75) is 31.9 Å². The topological polar surface area (TPSA) is 61.6 Å². The van der Waals surface area contributed by atoms with Crippen molar-refractivity contribution in [3.63, 3.8) is 0 Å². The Morgan fingerprint density at radius 2 is 1.85 bits per heavy atom. The summed E-state index contributed by atoms with van der Waals surface area (Å²) < 4.78 is 11.2. The first-order valence-corrected chi connectivity index (χ1v) is 8.82. The maximum Gasteiger partial charge on any atom is 0.184 e. The number of hydrogen-bond acceptors (Lipinski definition) is 4. The van der Waals surface area contributed by atoms with Crippen LogP contribution in [0.3, 0.4) is 0 Å². The molecule has 0 radical (unpaired) electrons. The lowest BCUT2D eigenvalue weighted by molar-refractivity contribution is 0.0256. The Balaban J connectivity index is 0.00000243. The number of ether oxygens (including phenoxy) is 2. The van der Waals surface area contributed by atoms with Crippen molar-refractivity contribution < 1.29 is 14.3 Å². The lowest BCUT2D eigenvalue weighted by Gasteiger charge is -2.23. The van der Waals surface area contributed by atoms with Crippen LogP contribution < -0.4 is 10.5 Å². The van der Waals surface area contributed by atoms with Gasteiger partial charge in [0.2, 0.25) is 0 Å². The molecule has 2 aromatic rings. The predicted molar refractivity (Wildman–Crippen MR) is 106 cm³/mol. The normalized spacial score (nSPS) is 15.8. The Bertz CT molecular complexity index is 743. The third kappa shape index (κ3) is 4.98. The van der Waals surface area contributed by atoms with Crippen LogP contribution in [-0.2, 0) is 4.74 Å². The molecule has 0 bridgehead atoms. The molecule has 0 spiro atoms. The van der Waals surface area contributed by atoms with Gasteiger partial charge < -0.3 is 15.2 Å². The van der Waals surface area contributed by atoms with Crippen molar-refractivity contribution in [1.82, 2.24) is 0 Å². The lowest BCUT2D eigenvalue weighted by Crippen LogP contribution is -2.26. The van der Waals surface area contributed by atoms with E-state index in [1.54, 1.807) is 18.2 Å². The molecule has 2 aromatic carbocycles. The monoisotopic (exact) mass is 395 g/mol. The number of nitrogens with two attached hydrogens (primary N) is 1. The van der Waals surface area contributed by atoms with Gasteiger partial charge in [0.1, 0.15) is 11.9 Å². The van der Waals surface area contributed by atoms with Gasteiger partial charge in [-0.05, 0) is 48.4 Å². The van der Waals surface area contributed by atoms with E-state index in [9.17, 15) is 4.79 Å². The fourth-order valence-electron chi connectivity index (χ4n) is 2.82. The molecule has 3 rings (SSSR count). The van der Waals surface area contributed by atoms with Crippen LogP contribution in [0.15, 0.2) is 42.5 Å². The van der Waals surface area contributed by atoms with E-state index >= 15 is 0 Å². The van der Waals surface area contributed by atoms with Crippen LogP contribution in [0.2, 0.25) is 5.02 Å². The fourth-order valence-corrected chi connectivity index (χ4v) is 3.01. The van der Waals surface area contributed by atoms with E-state index < -0.39 is 6.04 Å². The molecule has 1 saturated heterocycles. The first-order chi connectivity index (χ1) is 12.0. The number of halogens is 2. The van der Waals surface area contributed by atoms with Crippen molar-refractivity contribution in [1.29, 1.82) is 0 Å². The van der Waals surface area contributed by atoms with Gasteiger partial charge in [-0.1, -0.05) is 23.7 Å². The van der Waals surface area contributed by atoms with E-state index in [2.05, 4.69) is 0 Å². The Morgan fingerprint density at radius 3 is 2.46 bits per heavy atom. The molecule has 1 heterocycles. The molecule has 0 aliphatic carbocycles. The van der Waals surface area contributed by atoms with E-state index in [0.29, 0.717) is 16.1 Å². The smallest absolute Gasteiger partial charge is 0.184 e. The van der Waals surface area contributed by atoms with Gasteiger partial charge in [0.15, 0.2) is 5.78 Å². The maximum absolute atomic E-state index is 12.6. The van der Waals surface area contributed by atoms with Crippen molar-refractivity contribution >= 4 is 29.8 Å². The highest BCUT2D eigenvalue weighted by atomic mass is 35.5. The van der Waals surface area contributed by atoms with Crippen LogP contribution in [0.1, 0.15) is 40.4 Å². The molecule has 1 aliphatic heterocycles. The Labute approximate surface area is 165 Å². The average molecular weight is 396 g/mol. The number of hydrogen-bond donors (Lipinski definition) is 1. The second-order valence-electron chi connectivity index (χ2n) is 6.30. The molecular weight excluding hydrogens is 373 g/mol. The zero-order valence-electron chi connectivity index (χ0n) is 14.6. The summed E-state index contributed by atoms with van der Waals surface area (Å²) in [6.45, 7) is 3.38. The van der Waals surface area contributed by atoms with Crippen molar-refractivity contribution in [3.8, 4) is 5.75 Å². The molecule has 1 unspecified atom stereocenters. The number of rotatable bonds is 5. The second kappa shape index (κ2) is 9.38. The highest BCUT2D eigenvalue weighted by Gasteiger charge is 2.19. The number of ketones is 1. The largest absolute Gasteiger partial charge is 0.490 e. The van der Waals surface area contributed by atoms with E-state index in [0.717, 1.165) is 37.4 Å². The molecule has 140 valence electrons. The standard InChI is InChI=1S/C20H22ClNO3.ClH/c1-13-2-3-15(12-18(13)21)19(22)20(23)14-4-6-16(7-5-14)25-17-8-10-24-11-9-17;/h2-7,12,17,19H,8-11,22H2,1H3;1H. The molecular formula is C20H23Cl2NO3. The molecule has 1 aliphatic rings. The van der Waals surface area contributed by atoms with E-state index in [1.807, 2.05) is 31.2 Å². The zero-order valence-corrected chi connectivity index (χ0v) is 16.2. The van der Waals surface area contributed by atoms with Crippen LogP contribution in [0.25, 0.3) is 0 Å². The van der Waals surface area contributed by atoms with Gasteiger partial charge in [-0.25, -0.2) is 0 Å². The van der Waals surface area contributed by atoms with Gasteiger partial charge in [0, 0.05) is 23.4 Å². The molecule has 4 nitrogen and oxygen atoms in total. The minimum absolute atomic E-state index is 0. The van der Waals surface area contributed by atoms with Gasteiger partial charge in [-0.2, -0.15) is 0 Å². The van der Waals surface area contributed by atoms with Gasteiger partial charge in [0.05, 0.1) is 19.3 Å². The number of aryl methyl sites for hydroxylation is 1. The van der Waals surface area contributed by atoms with Crippen molar-refractivity contribution in [2.24, 2.45) is 5.73 Å². The lowest BCUT2D eigenvalue weighted by atomic mass is 9.97. The molecule has 0 amide bonds. The minimum atomic E-state index is -0.736. The van der Waals surface area contributed by atoms with E-state index in [4.69, 9.17) is 26.8 Å². The van der Waals surface area contributed by atoms with Gasteiger partial charge in [0.25, 0.3) is 0 Å². The van der Waals surface area contributed by atoms with Crippen molar-refractivity contribution in [2.75, 3.05) is 13.2 Å². The number of Topliss-reactive ketones (excluding diaryl/α,β-unsaturated/α-hetero) is 1. The number of benzene rings is 2. The summed E-state index contributed by atoms with van der Waals surface area (Å²) in [5, 5.41) is 0.612. The zero-order chi connectivity index (χ0) is 17.8. The Hall–Kier alpha value is -1.59. The summed E-state index contributed by atoms with van der Waals surface area (Å²) in [5.41, 5.74) is 8.35. The molecule has 6 heteroatoms. The van der Waals surface area contributed by atoms with Gasteiger partial charge >= 0.3 is 0 Å². The first-order valence-electron chi connectivity index (χ1n) is 8.45. The molecule has 26 heavy (non-hydrogen) atoms. The summed E-state index contributed by atoms with van der Waals surface area (Å²) in [6.07, 6.45) is 1.95. The summed E-state index contributed by atoms with van der Waals surface area (Å²) in [4.78, 5) is 12.6. The van der Waals surface area contributed by atoms with Crippen LogP contribution in [-0.4, -0.2) is 25.1 Å². The summed E-state index contributed by atoms with van der Waals surface area (Å²) in [7, 11) is 0. The minimum Gasteiger partial charge on any atom is -0.490 e. The molecule has 0 aromatic heterocycles. The summed E-state index contributed by atoms with van der Waals surface area (Å²) in [5.74, 6) is 0.618. The molecule has 2 N–H and O–H groups in total. The molecule has 1 atom stereocenters. The Kier molecular flexibility index (Phi) is 7.47. The van der Waals surface area contributed by atoms with Crippen LogP contribution in [0.5, 0.6) is 5.75 Å². The number of carbonyl (C=O) groups is 1. The highest BCUT2D eigenvalue weighted by Crippen LogP contribution is 2.24. The molecule has 1 fully saturated rings. The van der Waals surface area contributed by atoms with Crippen molar-refractivity contribution in [3.05, 3.63) is 64.2 Å². The molecule has 0 saturated carbocycles. The number of carbonyl (C=O) groups excluding carboxylic acids is 1. The third-order valence-electron chi connectivity index (χ3n) is 4.45. The van der Waals surface area contributed by atoms with Crippen LogP contribution in [0, 0.1) is 6.92 Å². The summed E-state index contributed by atoms with van der Waals surface area (Å²) in [6, 6.07) is 11.9. The third-order valence-corrected chi connectivity index (χ3v) is 4.85. The maximum atomic E-state index is 12.6. The Morgan fingerprint density at radius 1 is 1.19 bits per heavy atom.